The number of benzene rings is 4. The first kappa shape index (κ1) is 36.2. The zero-order valence-electron chi connectivity index (χ0n) is 30.0. The van der Waals surface area contributed by atoms with Crippen LogP contribution >= 0.6 is 0 Å². The smallest absolute Gasteiger partial charge is 0.341 e. The molecule has 6 rings (SSSR count). The minimum absolute atomic E-state index is 0.0246. The molecule has 8 heteroatoms. The van der Waals surface area contributed by atoms with Crippen molar-refractivity contribution in [1.82, 2.24) is 4.57 Å². The van der Waals surface area contributed by atoms with Gasteiger partial charge in [-0.05, 0) is 95.6 Å². The van der Waals surface area contributed by atoms with Crippen LogP contribution in [0.5, 0.6) is 5.75 Å². The number of unbranched alkanes of at least 4 members (excludes halogenated alkanes) is 2. The van der Waals surface area contributed by atoms with Crippen LogP contribution in [0.4, 0.5) is 11.4 Å². The summed E-state index contributed by atoms with van der Waals surface area (Å²) in [5.41, 5.74) is 9.58. The number of nitrogens with zero attached hydrogens (tertiary/aromatic N) is 2. The highest BCUT2D eigenvalue weighted by atomic mass is 16.6. The topological polar surface area (TPSA) is 107 Å². The van der Waals surface area contributed by atoms with Crippen molar-refractivity contribution in [3.05, 3.63) is 125 Å². The summed E-state index contributed by atoms with van der Waals surface area (Å²) in [4.78, 5) is 27.7. The zero-order chi connectivity index (χ0) is 36.1. The van der Waals surface area contributed by atoms with Gasteiger partial charge in [-0.1, -0.05) is 68.7 Å². The maximum absolute atomic E-state index is 13.8. The number of ether oxygens (including phenoxy) is 2. The minimum atomic E-state index is -1.44. The molecule has 1 aromatic heterocycles. The molecule has 0 radical (unpaired) electrons. The van der Waals surface area contributed by atoms with Crippen molar-refractivity contribution in [1.29, 1.82) is 0 Å². The van der Waals surface area contributed by atoms with Gasteiger partial charge in [0.25, 0.3) is 0 Å². The van der Waals surface area contributed by atoms with Gasteiger partial charge in [0.1, 0.15) is 5.75 Å². The third-order valence-electron chi connectivity index (χ3n) is 9.14. The summed E-state index contributed by atoms with van der Waals surface area (Å²) < 4.78 is 14.5. The Kier molecular flexibility index (Phi) is 11.0. The van der Waals surface area contributed by atoms with E-state index in [-0.39, 0.29) is 16.7 Å². The molecule has 0 aliphatic carbocycles. The zero-order valence-corrected chi connectivity index (χ0v) is 30.0. The Hall–Kier alpha value is -5.08. The van der Waals surface area contributed by atoms with Gasteiger partial charge < -0.3 is 24.9 Å². The SMILES string of the molecule is CCCCCC(C)(C)N.CCOc1ccc(N(c2ccccc2)C2(c3c(C)n(CC)c4ccccc34)OC(=O)c3cc(C(=O)O)ccc32)cc1. The molecule has 0 spiro atoms. The molecule has 5 aromatic rings. The van der Waals surface area contributed by atoms with Gasteiger partial charge in [-0.3, -0.25) is 4.90 Å². The lowest BCUT2D eigenvalue weighted by atomic mass is 9.87. The van der Waals surface area contributed by atoms with Crippen LogP contribution in [0.2, 0.25) is 0 Å². The molecule has 1 unspecified atom stereocenters. The molecule has 3 N–H and O–H groups in total. The second-order valence-corrected chi connectivity index (χ2v) is 13.4. The van der Waals surface area contributed by atoms with E-state index in [0.717, 1.165) is 52.3 Å². The van der Waals surface area contributed by atoms with Crippen molar-refractivity contribution < 1.29 is 24.2 Å². The molecule has 1 aliphatic rings. The molecular weight excluding hydrogens is 626 g/mol. The number of para-hydroxylation sites is 2. The Bertz CT molecular complexity index is 1940. The van der Waals surface area contributed by atoms with Crippen LogP contribution in [0.25, 0.3) is 10.9 Å². The summed E-state index contributed by atoms with van der Waals surface area (Å²) >= 11 is 0. The third kappa shape index (κ3) is 7.12. The molecule has 8 nitrogen and oxygen atoms in total. The average Bonchev–Trinajstić information content (AvgIpc) is 3.55. The molecule has 1 aliphatic heterocycles. The number of anilines is 2. The van der Waals surface area contributed by atoms with Crippen LogP contribution in [0.15, 0.2) is 97.1 Å². The Balaban J connectivity index is 0.000000478. The monoisotopic (exact) mass is 675 g/mol. The number of aromatic nitrogens is 1. The fourth-order valence-electron chi connectivity index (χ4n) is 6.89. The molecule has 0 saturated heterocycles. The lowest BCUT2D eigenvalue weighted by Gasteiger charge is -2.42. The number of carboxylic acids is 1. The minimum Gasteiger partial charge on any atom is -0.494 e. The van der Waals surface area contributed by atoms with E-state index < -0.39 is 17.7 Å². The maximum atomic E-state index is 13.8. The second kappa shape index (κ2) is 15.2. The highest BCUT2D eigenvalue weighted by Gasteiger charge is 2.55. The molecule has 4 aromatic carbocycles. The predicted octanol–water partition coefficient (Wildman–Crippen LogP) is 9.58. The molecule has 0 fully saturated rings. The first-order valence-electron chi connectivity index (χ1n) is 17.5. The first-order valence-corrected chi connectivity index (χ1v) is 17.5. The van der Waals surface area contributed by atoms with Crippen LogP contribution in [-0.2, 0) is 17.0 Å². The van der Waals surface area contributed by atoms with Gasteiger partial charge >= 0.3 is 11.9 Å². The van der Waals surface area contributed by atoms with Crippen molar-refractivity contribution in [2.45, 2.75) is 85.0 Å². The number of carbonyl (C=O) groups is 2. The molecular formula is C42H49N3O5. The number of fused-ring (bicyclic) bond motifs is 2. The van der Waals surface area contributed by atoms with Gasteiger partial charge in [0, 0.05) is 45.6 Å². The van der Waals surface area contributed by atoms with Crippen molar-refractivity contribution >= 4 is 34.2 Å². The standard InChI is InChI=1S/C34H30N2O5.C8H19N/c1-4-35-22(3)31(27-13-9-10-14-30(27)35)34(29-20-15-23(32(37)38)21-28(29)33(39)41-34)36(24-11-7-6-8-12-24)25-16-18-26(19-17-25)40-5-2;1-4-5-6-7-8(2,3)9/h6-21H,4-5H2,1-3H3,(H,37,38);4-7,9H2,1-3H3. The Morgan fingerprint density at radius 3 is 2.20 bits per heavy atom. The lowest BCUT2D eigenvalue weighted by molar-refractivity contribution is 0.0136. The van der Waals surface area contributed by atoms with Gasteiger partial charge in [-0.15, -0.1) is 0 Å². The summed E-state index contributed by atoms with van der Waals surface area (Å²) in [5.74, 6) is -0.960. The fraction of sp³-hybridized carbons (Fsp3) is 0.333. The van der Waals surface area contributed by atoms with Crippen LogP contribution in [0.3, 0.4) is 0 Å². The number of hydrogen-bond acceptors (Lipinski definition) is 6. The normalized spacial score (nSPS) is 15.2. The lowest BCUT2D eigenvalue weighted by Crippen LogP contribution is -2.45. The van der Waals surface area contributed by atoms with Crippen molar-refractivity contribution in [3.8, 4) is 5.75 Å². The molecule has 50 heavy (non-hydrogen) atoms. The van der Waals surface area contributed by atoms with E-state index in [2.05, 4.69) is 38.3 Å². The maximum Gasteiger partial charge on any atom is 0.341 e. The molecule has 262 valence electrons. The molecule has 0 bridgehead atoms. The average molecular weight is 676 g/mol. The number of hydrogen-bond donors (Lipinski definition) is 2. The van der Waals surface area contributed by atoms with Crippen LogP contribution in [0.1, 0.15) is 97.8 Å². The second-order valence-electron chi connectivity index (χ2n) is 13.4. The van der Waals surface area contributed by atoms with E-state index in [1.807, 2.05) is 91.5 Å². The Morgan fingerprint density at radius 1 is 0.920 bits per heavy atom. The summed E-state index contributed by atoms with van der Waals surface area (Å²) in [6, 6.07) is 30.2. The number of carbonyl (C=O) groups excluding carboxylic acids is 1. The van der Waals surface area contributed by atoms with Gasteiger partial charge in [0.2, 0.25) is 5.72 Å². The molecule has 2 heterocycles. The van der Waals surface area contributed by atoms with E-state index in [0.29, 0.717) is 12.2 Å². The number of nitrogens with two attached hydrogens (primary N) is 1. The third-order valence-corrected chi connectivity index (χ3v) is 9.14. The highest BCUT2D eigenvalue weighted by molar-refractivity contribution is 6.01. The van der Waals surface area contributed by atoms with E-state index in [9.17, 15) is 14.7 Å². The summed E-state index contributed by atoms with van der Waals surface area (Å²) in [7, 11) is 0. The predicted molar refractivity (Wildman–Crippen MR) is 201 cm³/mol. The van der Waals surface area contributed by atoms with Gasteiger partial charge in [0.15, 0.2) is 0 Å². The quantitative estimate of drug-likeness (QED) is 0.100. The molecule has 1 atom stereocenters. The van der Waals surface area contributed by atoms with Gasteiger partial charge in [0.05, 0.1) is 23.3 Å². The van der Waals surface area contributed by atoms with E-state index in [1.165, 1.54) is 31.4 Å². The van der Waals surface area contributed by atoms with E-state index in [1.54, 1.807) is 6.07 Å². The Morgan fingerprint density at radius 2 is 1.58 bits per heavy atom. The number of aryl methyl sites for hydroxylation is 1. The van der Waals surface area contributed by atoms with Crippen LogP contribution in [0, 0.1) is 6.92 Å². The summed E-state index contributed by atoms with van der Waals surface area (Å²) in [6.45, 7) is 13.7. The highest BCUT2D eigenvalue weighted by Crippen LogP contribution is 2.53. The van der Waals surface area contributed by atoms with Crippen LogP contribution in [-0.4, -0.2) is 33.8 Å². The van der Waals surface area contributed by atoms with Crippen molar-refractivity contribution in [3.63, 3.8) is 0 Å². The number of carboxylic acid groups (broad SMARTS) is 1. The molecule has 0 saturated carbocycles. The summed E-state index contributed by atoms with van der Waals surface area (Å²) in [5, 5.41) is 10.7. The van der Waals surface area contributed by atoms with E-state index >= 15 is 0 Å². The largest absolute Gasteiger partial charge is 0.494 e. The number of aromatic carboxylic acids is 1. The van der Waals surface area contributed by atoms with E-state index in [4.69, 9.17) is 15.2 Å². The number of cyclic esters (lactones) is 1. The number of rotatable bonds is 12. The van der Waals surface area contributed by atoms with Crippen molar-refractivity contribution in [2.24, 2.45) is 5.73 Å². The first-order chi connectivity index (χ1) is 24.0. The Labute approximate surface area is 295 Å². The summed E-state index contributed by atoms with van der Waals surface area (Å²) in [6.07, 6.45) is 5.04. The van der Waals surface area contributed by atoms with Gasteiger partial charge in [-0.25, -0.2) is 9.59 Å². The molecule has 0 amide bonds. The van der Waals surface area contributed by atoms with Crippen LogP contribution < -0.4 is 15.4 Å². The van der Waals surface area contributed by atoms with Gasteiger partial charge in [-0.2, -0.15) is 0 Å². The fourth-order valence-corrected chi connectivity index (χ4v) is 6.89. The number of esters is 1. The van der Waals surface area contributed by atoms with Crippen molar-refractivity contribution in [2.75, 3.05) is 11.5 Å².